The van der Waals surface area contributed by atoms with Crippen molar-refractivity contribution in [3.8, 4) is 5.75 Å². The summed E-state index contributed by atoms with van der Waals surface area (Å²) in [6.45, 7) is 7.06. The van der Waals surface area contributed by atoms with Crippen LogP contribution in [-0.4, -0.2) is 43.3 Å². The highest BCUT2D eigenvalue weighted by Crippen LogP contribution is 2.32. The Morgan fingerprint density at radius 1 is 1.21 bits per heavy atom. The summed E-state index contributed by atoms with van der Waals surface area (Å²) in [6, 6.07) is 10.9. The molecule has 3 rings (SSSR count). The highest BCUT2D eigenvalue weighted by molar-refractivity contribution is 7.80. The molecule has 0 saturated heterocycles. The average molecular weight is 478 g/mol. The van der Waals surface area contributed by atoms with Crippen LogP contribution in [0, 0.1) is 0 Å². The molecule has 0 fully saturated rings. The zero-order valence-electron chi connectivity index (χ0n) is 18.8. The predicted octanol–water partition coefficient (Wildman–Crippen LogP) is 6.13. The van der Waals surface area contributed by atoms with Gasteiger partial charge in [-0.2, -0.15) is 13.2 Å². The molecule has 2 aromatic carbocycles. The maximum Gasteiger partial charge on any atom is 0.416 e. The number of hydrogen-bond acceptors (Lipinski definition) is 3. The van der Waals surface area contributed by atoms with E-state index < -0.39 is 11.7 Å². The molecule has 2 aromatic rings. The minimum Gasteiger partial charge on any atom is -0.494 e. The van der Waals surface area contributed by atoms with E-state index in [0.29, 0.717) is 17.4 Å². The lowest BCUT2D eigenvalue weighted by molar-refractivity contribution is -0.137. The summed E-state index contributed by atoms with van der Waals surface area (Å²) in [5.74, 6) is 0.844. The number of halogens is 3. The van der Waals surface area contributed by atoms with Crippen LogP contribution in [0.5, 0.6) is 5.75 Å². The summed E-state index contributed by atoms with van der Waals surface area (Å²) >= 11 is 5.56. The van der Waals surface area contributed by atoms with E-state index in [0.717, 1.165) is 74.5 Å². The fraction of sp³-hybridized carbons (Fsp3) is 0.400. The van der Waals surface area contributed by atoms with Gasteiger partial charge in [0, 0.05) is 24.5 Å². The second-order valence-corrected chi connectivity index (χ2v) is 8.54. The van der Waals surface area contributed by atoms with Crippen LogP contribution in [0.25, 0.3) is 0 Å². The number of fused-ring (bicyclic) bond motifs is 1. The predicted molar refractivity (Wildman–Crippen MR) is 132 cm³/mol. The summed E-state index contributed by atoms with van der Waals surface area (Å²) in [7, 11) is 2.08. The zero-order chi connectivity index (χ0) is 23.8. The molecule has 0 amide bonds. The lowest BCUT2D eigenvalue weighted by Crippen LogP contribution is -2.38. The van der Waals surface area contributed by atoms with E-state index in [-0.39, 0.29) is 0 Å². The Balaban J connectivity index is 1.55. The molecular formula is C25H30F3N3OS. The Hall–Kier alpha value is -2.58. The number of benzene rings is 2. The number of alkyl halides is 3. The van der Waals surface area contributed by atoms with Gasteiger partial charge in [0.1, 0.15) is 5.75 Å². The molecule has 1 N–H and O–H groups in total. The van der Waals surface area contributed by atoms with Crippen LogP contribution in [0.3, 0.4) is 0 Å². The van der Waals surface area contributed by atoms with E-state index in [4.69, 9.17) is 17.0 Å². The number of aryl methyl sites for hydroxylation is 1. The molecule has 0 atom stereocenters. The van der Waals surface area contributed by atoms with E-state index in [9.17, 15) is 13.2 Å². The van der Waals surface area contributed by atoms with Crippen molar-refractivity contribution in [3.05, 3.63) is 66.2 Å². The molecule has 178 valence electrons. The van der Waals surface area contributed by atoms with E-state index in [1.807, 2.05) is 23.1 Å². The second kappa shape index (κ2) is 11.5. The SMILES string of the molecule is C=CCN(C)CCCCOc1ccc2c(c1)CCCN2C(=S)Nc1ccc(C(F)(F)F)cc1. The monoisotopic (exact) mass is 477 g/mol. The van der Waals surface area contributed by atoms with Gasteiger partial charge in [0.25, 0.3) is 0 Å². The summed E-state index contributed by atoms with van der Waals surface area (Å²) in [5, 5.41) is 3.53. The Morgan fingerprint density at radius 2 is 1.97 bits per heavy atom. The summed E-state index contributed by atoms with van der Waals surface area (Å²) < 4.78 is 44.3. The highest BCUT2D eigenvalue weighted by Gasteiger charge is 2.30. The lowest BCUT2D eigenvalue weighted by atomic mass is 10.0. The molecule has 0 aromatic heterocycles. The van der Waals surface area contributed by atoms with Crippen LogP contribution >= 0.6 is 12.2 Å². The first kappa shape index (κ1) is 25.1. The lowest BCUT2D eigenvalue weighted by Gasteiger charge is -2.32. The van der Waals surface area contributed by atoms with Crippen molar-refractivity contribution in [1.82, 2.24) is 4.90 Å². The molecule has 0 unspecified atom stereocenters. The van der Waals surface area contributed by atoms with E-state index in [2.05, 4.69) is 29.9 Å². The maximum atomic E-state index is 12.8. The van der Waals surface area contributed by atoms with Crippen LogP contribution in [-0.2, 0) is 12.6 Å². The number of thiocarbonyl (C=S) groups is 1. The maximum absolute atomic E-state index is 12.8. The molecule has 1 aliphatic rings. The first-order valence-corrected chi connectivity index (χ1v) is 11.5. The van der Waals surface area contributed by atoms with Gasteiger partial charge in [0.15, 0.2) is 5.11 Å². The first-order valence-electron chi connectivity index (χ1n) is 11.1. The highest BCUT2D eigenvalue weighted by atomic mass is 32.1. The van der Waals surface area contributed by atoms with Crippen LogP contribution in [0.2, 0.25) is 0 Å². The number of rotatable bonds is 9. The Bertz CT molecular complexity index is 947. The Labute approximate surface area is 199 Å². The van der Waals surface area contributed by atoms with Gasteiger partial charge in [-0.3, -0.25) is 0 Å². The molecule has 8 heteroatoms. The van der Waals surface area contributed by atoms with E-state index in [1.54, 1.807) is 0 Å². The molecule has 0 bridgehead atoms. The molecule has 0 spiro atoms. The number of nitrogens with one attached hydrogen (secondary N) is 1. The molecule has 33 heavy (non-hydrogen) atoms. The fourth-order valence-corrected chi connectivity index (χ4v) is 4.10. The van der Waals surface area contributed by atoms with Crippen molar-refractivity contribution < 1.29 is 17.9 Å². The quantitative estimate of drug-likeness (QED) is 0.266. The van der Waals surface area contributed by atoms with Gasteiger partial charge >= 0.3 is 6.18 Å². The molecule has 1 heterocycles. The van der Waals surface area contributed by atoms with Crippen molar-refractivity contribution >= 4 is 28.7 Å². The van der Waals surface area contributed by atoms with Crippen molar-refractivity contribution in [2.45, 2.75) is 31.9 Å². The van der Waals surface area contributed by atoms with Gasteiger partial charge in [-0.25, -0.2) is 0 Å². The van der Waals surface area contributed by atoms with Gasteiger partial charge < -0.3 is 19.9 Å². The third kappa shape index (κ3) is 7.20. The first-order chi connectivity index (χ1) is 15.8. The summed E-state index contributed by atoms with van der Waals surface area (Å²) in [5.41, 5.74) is 2.00. The van der Waals surface area contributed by atoms with Gasteiger partial charge in [-0.1, -0.05) is 6.08 Å². The Morgan fingerprint density at radius 3 is 2.67 bits per heavy atom. The average Bonchev–Trinajstić information content (AvgIpc) is 2.78. The second-order valence-electron chi connectivity index (χ2n) is 8.16. The zero-order valence-corrected chi connectivity index (χ0v) is 19.6. The largest absolute Gasteiger partial charge is 0.494 e. The van der Waals surface area contributed by atoms with Crippen LogP contribution in [0.15, 0.2) is 55.1 Å². The van der Waals surface area contributed by atoms with Crippen LogP contribution < -0.4 is 15.0 Å². The summed E-state index contributed by atoms with van der Waals surface area (Å²) in [6.07, 6.45) is 1.45. The number of likely N-dealkylation sites (N-methyl/N-ethyl adjacent to an activating group) is 1. The minimum absolute atomic E-state index is 0.466. The number of nitrogens with zero attached hydrogens (tertiary/aromatic N) is 2. The van der Waals surface area contributed by atoms with Gasteiger partial charge in [-0.15, -0.1) is 6.58 Å². The van der Waals surface area contributed by atoms with E-state index in [1.165, 1.54) is 12.1 Å². The van der Waals surface area contributed by atoms with E-state index >= 15 is 0 Å². The van der Waals surface area contributed by atoms with Gasteiger partial charge in [-0.05, 0) is 99.5 Å². The standard InChI is InChI=1S/C25H30F3N3OS/c1-3-14-30(2)15-4-5-17-32-22-12-13-23-19(18-22)7-6-16-31(23)24(33)29-21-10-8-20(9-11-21)25(26,27)28/h3,8-13,18H,1,4-7,14-17H2,2H3,(H,29,33). The number of hydrogen-bond donors (Lipinski definition) is 1. The number of anilines is 2. The number of ether oxygens (including phenoxy) is 1. The third-order valence-corrected chi connectivity index (χ3v) is 5.84. The van der Waals surface area contributed by atoms with Crippen LogP contribution in [0.4, 0.5) is 24.5 Å². The van der Waals surface area contributed by atoms with Crippen molar-refractivity contribution in [2.24, 2.45) is 0 Å². The molecular weight excluding hydrogens is 447 g/mol. The molecule has 0 saturated carbocycles. The minimum atomic E-state index is -4.35. The molecule has 0 radical (unpaired) electrons. The normalized spacial score (nSPS) is 13.5. The van der Waals surface area contributed by atoms with Crippen LogP contribution in [0.1, 0.15) is 30.4 Å². The van der Waals surface area contributed by atoms with Crippen molar-refractivity contribution in [3.63, 3.8) is 0 Å². The van der Waals surface area contributed by atoms with Gasteiger partial charge in [0.2, 0.25) is 0 Å². The third-order valence-electron chi connectivity index (χ3n) is 5.52. The molecule has 1 aliphatic heterocycles. The fourth-order valence-electron chi connectivity index (χ4n) is 3.79. The van der Waals surface area contributed by atoms with Gasteiger partial charge in [0.05, 0.1) is 12.2 Å². The van der Waals surface area contributed by atoms with Crippen molar-refractivity contribution in [1.29, 1.82) is 0 Å². The summed E-state index contributed by atoms with van der Waals surface area (Å²) in [4.78, 5) is 4.22. The Kier molecular flexibility index (Phi) is 8.74. The smallest absolute Gasteiger partial charge is 0.416 e. The molecule has 4 nitrogen and oxygen atoms in total. The molecule has 0 aliphatic carbocycles. The number of unbranched alkanes of at least 4 members (excludes halogenated alkanes) is 1. The van der Waals surface area contributed by atoms with Crippen molar-refractivity contribution in [2.75, 3.05) is 43.5 Å². The topological polar surface area (TPSA) is 27.7 Å².